The molecule has 5 nitrogen and oxygen atoms in total. The SMILES string of the molecule is Cn1cc(-c2cc3c(cn2)[nH]c2cccc(-c4ccc(C=O)cc4)c23)cn1. The fraction of sp³-hybridized carbons (Fsp3) is 0.0455. The lowest BCUT2D eigenvalue weighted by Gasteiger charge is -2.05. The lowest BCUT2D eigenvalue weighted by atomic mass is 9.98. The summed E-state index contributed by atoms with van der Waals surface area (Å²) in [6, 6.07) is 16.0. The van der Waals surface area contributed by atoms with Crippen LogP contribution in [-0.2, 0) is 7.05 Å². The van der Waals surface area contributed by atoms with E-state index < -0.39 is 0 Å². The number of nitrogens with zero attached hydrogens (tertiary/aromatic N) is 3. The molecule has 130 valence electrons. The number of aromatic amines is 1. The van der Waals surface area contributed by atoms with Gasteiger partial charge in [-0.2, -0.15) is 5.10 Å². The third-order valence-electron chi connectivity index (χ3n) is 4.87. The summed E-state index contributed by atoms with van der Waals surface area (Å²) in [5.74, 6) is 0. The Morgan fingerprint density at radius 1 is 1.00 bits per heavy atom. The Bertz CT molecular complexity index is 1300. The van der Waals surface area contributed by atoms with Crippen LogP contribution in [0.1, 0.15) is 10.4 Å². The van der Waals surface area contributed by atoms with Crippen LogP contribution in [0.3, 0.4) is 0 Å². The van der Waals surface area contributed by atoms with Crippen molar-refractivity contribution in [2.24, 2.45) is 7.05 Å². The molecule has 0 aliphatic heterocycles. The Labute approximate surface area is 155 Å². The molecule has 5 aromatic rings. The molecule has 0 atom stereocenters. The van der Waals surface area contributed by atoms with Crippen LogP contribution in [0.25, 0.3) is 44.2 Å². The van der Waals surface area contributed by atoms with Gasteiger partial charge in [0.05, 0.1) is 23.6 Å². The Morgan fingerprint density at radius 3 is 2.59 bits per heavy atom. The van der Waals surface area contributed by atoms with Gasteiger partial charge in [0.2, 0.25) is 0 Å². The molecule has 5 heteroatoms. The van der Waals surface area contributed by atoms with Crippen LogP contribution >= 0.6 is 0 Å². The predicted octanol–water partition coefficient (Wildman–Crippen LogP) is 4.60. The minimum Gasteiger partial charge on any atom is -0.353 e. The fourth-order valence-electron chi connectivity index (χ4n) is 3.55. The monoisotopic (exact) mass is 352 g/mol. The van der Waals surface area contributed by atoms with E-state index in [0.29, 0.717) is 5.56 Å². The Balaban J connectivity index is 1.77. The van der Waals surface area contributed by atoms with Crippen molar-refractivity contribution in [2.45, 2.75) is 0 Å². The minimum atomic E-state index is 0.674. The minimum absolute atomic E-state index is 0.674. The maximum Gasteiger partial charge on any atom is 0.150 e. The molecule has 3 heterocycles. The van der Waals surface area contributed by atoms with Crippen molar-refractivity contribution in [3.63, 3.8) is 0 Å². The summed E-state index contributed by atoms with van der Waals surface area (Å²) in [6.45, 7) is 0. The molecule has 27 heavy (non-hydrogen) atoms. The van der Waals surface area contributed by atoms with Gasteiger partial charge in [-0.3, -0.25) is 14.5 Å². The fourth-order valence-corrected chi connectivity index (χ4v) is 3.55. The normalized spacial score (nSPS) is 11.3. The van der Waals surface area contributed by atoms with Gasteiger partial charge < -0.3 is 4.98 Å². The van der Waals surface area contributed by atoms with Crippen LogP contribution in [0.4, 0.5) is 0 Å². The van der Waals surface area contributed by atoms with Crippen LogP contribution in [0.15, 0.2) is 67.1 Å². The highest BCUT2D eigenvalue weighted by Gasteiger charge is 2.12. The number of carbonyl (C=O) groups is 1. The topological polar surface area (TPSA) is 63.6 Å². The quantitative estimate of drug-likeness (QED) is 0.483. The zero-order valence-electron chi connectivity index (χ0n) is 14.7. The largest absolute Gasteiger partial charge is 0.353 e. The molecular formula is C22H16N4O. The predicted molar refractivity (Wildman–Crippen MR) is 107 cm³/mol. The van der Waals surface area contributed by atoms with Gasteiger partial charge in [-0.15, -0.1) is 0 Å². The number of fused-ring (bicyclic) bond motifs is 3. The number of hydrogen-bond donors (Lipinski definition) is 1. The van der Waals surface area contributed by atoms with Crippen molar-refractivity contribution in [3.8, 4) is 22.4 Å². The lowest BCUT2D eigenvalue weighted by Crippen LogP contribution is -1.85. The van der Waals surface area contributed by atoms with Crippen molar-refractivity contribution in [3.05, 3.63) is 72.7 Å². The average Bonchev–Trinajstić information content (AvgIpc) is 3.30. The summed E-state index contributed by atoms with van der Waals surface area (Å²) in [4.78, 5) is 19.0. The zero-order chi connectivity index (χ0) is 18.4. The second-order valence-corrected chi connectivity index (χ2v) is 6.61. The highest BCUT2D eigenvalue weighted by Crippen LogP contribution is 2.35. The van der Waals surface area contributed by atoms with Crippen LogP contribution in [0, 0.1) is 0 Å². The Hall–Kier alpha value is -3.73. The van der Waals surface area contributed by atoms with E-state index in [2.05, 4.69) is 33.3 Å². The van der Waals surface area contributed by atoms with Gasteiger partial charge in [-0.05, 0) is 23.3 Å². The Kier molecular flexibility index (Phi) is 3.40. The van der Waals surface area contributed by atoms with Crippen LogP contribution in [0.5, 0.6) is 0 Å². The first-order valence-corrected chi connectivity index (χ1v) is 8.68. The van der Waals surface area contributed by atoms with Crippen LogP contribution in [0.2, 0.25) is 0 Å². The van der Waals surface area contributed by atoms with Crippen molar-refractivity contribution >= 4 is 28.1 Å². The first kappa shape index (κ1) is 15.5. The number of aromatic nitrogens is 4. The van der Waals surface area contributed by atoms with E-state index in [1.165, 1.54) is 0 Å². The molecule has 1 N–H and O–H groups in total. The molecule has 3 aromatic heterocycles. The number of nitrogens with one attached hydrogen (secondary N) is 1. The number of aldehydes is 1. The first-order valence-electron chi connectivity index (χ1n) is 8.68. The van der Waals surface area contributed by atoms with Gasteiger partial charge in [0.15, 0.2) is 0 Å². The van der Waals surface area contributed by atoms with Gasteiger partial charge in [0.1, 0.15) is 6.29 Å². The second-order valence-electron chi connectivity index (χ2n) is 6.61. The van der Waals surface area contributed by atoms with Gasteiger partial charge in [0.25, 0.3) is 0 Å². The maximum absolute atomic E-state index is 11.0. The van der Waals surface area contributed by atoms with Crippen molar-refractivity contribution in [1.82, 2.24) is 19.7 Å². The molecule has 0 saturated carbocycles. The number of benzene rings is 2. The van der Waals surface area contributed by atoms with Gasteiger partial charge in [0, 0.05) is 40.7 Å². The summed E-state index contributed by atoms with van der Waals surface area (Å²) in [5, 5.41) is 6.52. The lowest BCUT2D eigenvalue weighted by molar-refractivity contribution is 0.112. The summed E-state index contributed by atoms with van der Waals surface area (Å²) in [5.41, 5.74) is 6.81. The zero-order valence-corrected chi connectivity index (χ0v) is 14.7. The van der Waals surface area contributed by atoms with E-state index in [4.69, 9.17) is 0 Å². The number of H-pyrrole nitrogens is 1. The molecule has 0 radical (unpaired) electrons. The van der Waals surface area contributed by atoms with E-state index >= 15 is 0 Å². The molecule has 0 aliphatic carbocycles. The second kappa shape index (κ2) is 5.92. The third kappa shape index (κ3) is 2.52. The number of pyridine rings is 1. The molecular weight excluding hydrogens is 336 g/mol. The smallest absolute Gasteiger partial charge is 0.150 e. The van der Waals surface area contributed by atoms with Gasteiger partial charge in [-0.1, -0.05) is 36.4 Å². The number of hydrogen-bond acceptors (Lipinski definition) is 3. The molecule has 0 unspecified atom stereocenters. The molecule has 0 aliphatic rings. The maximum atomic E-state index is 11.0. The van der Waals surface area contributed by atoms with E-state index in [1.54, 1.807) is 4.68 Å². The summed E-state index contributed by atoms with van der Waals surface area (Å²) in [6.07, 6.45) is 6.52. The summed E-state index contributed by atoms with van der Waals surface area (Å²) < 4.78 is 1.77. The average molecular weight is 352 g/mol. The molecule has 0 bridgehead atoms. The van der Waals surface area contributed by atoms with E-state index in [1.807, 2.05) is 56.0 Å². The van der Waals surface area contributed by atoms with Crippen molar-refractivity contribution in [2.75, 3.05) is 0 Å². The summed E-state index contributed by atoms with van der Waals surface area (Å²) >= 11 is 0. The van der Waals surface area contributed by atoms with Crippen LogP contribution < -0.4 is 0 Å². The van der Waals surface area contributed by atoms with Gasteiger partial charge >= 0.3 is 0 Å². The third-order valence-corrected chi connectivity index (χ3v) is 4.87. The van der Waals surface area contributed by atoms with E-state index in [0.717, 1.165) is 50.5 Å². The molecule has 5 rings (SSSR count). The highest BCUT2D eigenvalue weighted by molar-refractivity contribution is 6.14. The number of aryl methyl sites for hydroxylation is 1. The molecule has 0 fully saturated rings. The van der Waals surface area contributed by atoms with Gasteiger partial charge in [-0.25, -0.2) is 0 Å². The highest BCUT2D eigenvalue weighted by atomic mass is 16.1. The van der Waals surface area contributed by atoms with E-state index in [9.17, 15) is 4.79 Å². The number of rotatable bonds is 3. The molecule has 0 spiro atoms. The summed E-state index contributed by atoms with van der Waals surface area (Å²) in [7, 11) is 1.90. The number of carbonyl (C=O) groups excluding carboxylic acids is 1. The van der Waals surface area contributed by atoms with Crippen molar-refractivity contribution < 1.29 is 4.79 Å². The molecule has 0 amide bonds. The molecule has 2 aromatic carbocycles. The van der Waals surface area contributed by atoms with Crippen molar-refractivity contribution in [1.29, 1.82) is 0 Å². The molecule has 0 saturated heterocycles. The Morgan fingerprint density at radius 2 is 1.85 bits per heavy atom. The van der Waals surface area contributed by atoms with E-state index in [-0.39, 0.29) is 0 Å². The van der Waals surface area contributed by atoms with Crippen LogP contribution in [-0.4, -0.2) is 26.0 Å². The standard InChI is InChI=1S/C22H16N4O/c1-26-12-16(10-24-26)20-9-18-21(11-23-20)25-19-4-2-3-17(22(18)19)15-7-5-14(13-27)6-8-15/h2-13,25H,1H3. The first-order chi connectivity index (χ1) is 13.2.